The van der Waals surface area contributed by atoms with Gasteiger partial charge in [0, 0.05) is 80.7 Å². The summed E-state index contributed by atoms with van der Waals surface area (Å²) in [5.41, 5.74) is 34.5. The van der Waals surface area contributed by atoms with E-state index in [0.717, 1.165) is 30.0 Å². The zero-order chi connectivity index (χ0) is 56.8. The number of amides is 7. The van der Waals surface area contributed by atoms with Crippen molar-refractivity contribution in [2.45, 2.75) is 133 Å². The maximum atomic E-state index is 14.7. The lowest BCUT2D eigenvalue weighted by atomic mass is 9.83. The van der Waals surface area contributed by atoms with Crippen LogP contribution in [0.4, 0.5) is 8.78 Å². The van der Waals surface area contributed by atoms with E-state index < -0.39 is 138 Å². The number of hydrogen-bond donors (Lipinski definition) is 12. The first kappa shape index (κ1) is 61.2. The topological polar surface area (TPSA) is 427 Å². The van der Waals surface area contributed by atoms with Crippen molar-refractivity contribution in [2.75, 3.05) is 13.1 Å². The standard InChI is InChI=1S/C51H70F2N14O10/c1-27(68)63-38(13-7-17-61-51(58)59)47(75)65-39-15-14-34(69)9-2-4-12-37(45(55)73)64-46(74)30(21-31-26-62-36-11-5-3-10-35(31)36)23-42(70)29(8-6-16-60-50(56)57)22-43(71)40(20-28-18-32(52)24-33(53)19-28)66-49(77)41(25-44(54)72)67-48(39)76/h3,5,10-11,18-19,24,26,29-30,37-41,62H,2,4,6-9,12-17,20-23,25H2,1H3,(H2,54,72)(H2,55,73)(H,63,68)(H,64,74)(H,65,75)(H,66,77)(H,67,76)(H4,56,57,60)(H4,58,59,61)/t29-,30-,37+,38+,39+,40-,41+/m1/s1. The van der Waals surface area contributed by atoms with Crippen LogP contribution < -0.4 is 61.0 Å². The number of carbonyl (C=O) groups is 10. The van der Waals surface area contributed by atoms with Crippen molar-refractivity contribution in [3.05, 3.63) is 71.4 Å². The third-order valence-corrected chi connectivity index (χ3v) is 12.8. The number of aliphatic imine (C=N–C) groups is 2. The highest BCUT2D eigenvalue weighted by atomic mass is 19.1. The Morgan fingerprint density at radius 2 is 1.38 bits per heavy atom. The van der Waals surface area contributed by atoms with Gasteiger partial charge in [-0.2, -0.15) is 0 Å². The molecule has 7 atom stereocenters. The van der Waals surface area contributed by atoms with E-state index in [1.165, 1.54) is 0 Å². The molecule has 1 aliphatic heterocycles. The van der Waals surface area contributed by atoms with E-state index in [9.17, 15) is 56.7 Å². The molecule has 2 aromatic carbocycles. The quantitative estimate of drug-likeness (QED) is 0.0423. The summed E-state index contributed by atoms with van der Waals surface area (Å²) in [5, 5.41) is 13.3. The van der Waals surface area contributed by atoms with Crippen LogP contribution in [0.2, 0.25) is 0 Å². The van der Waals surface area contributed by atoms with E-state index in [1.54, 1.807) is 18.3 Å². The predicted octanol–water partition coefficient (Wildman–Crippen LogP) is -0.783. The fourth-order valence-corrected chi connectivity index (χ4v) is 8.94. The largest absolute Gasteiger partial charge is 0.370 e. The number of guanidine groups is 2. The summed E-state index contributed by atoms with van der Waals surface area (Å²) in [6.45, 7) is 1.23. The maximum Gasteiger partial charge on any atom is 0.243 e. The second kappa shape index (κ2) is 30.3. The highest BCUT2D eigenvalue weighted by molar-refractivity contribution is 5.99. The maximum absolute atomic E-state index is 14.7. The molecule has 18 N–H and O–H groups in total. The van der Waals surface area contributed by atoms with E-state index in [-0.39, 0.29) is 101 Å². The number of carbonyl (C=O) groups excluding carboxylic acids is 10. The van der Waals surface area contributed by atoms with Crippen molar-refractivity contribution in [1.82, 2.24) is 31.6 Å². The van der Waals surface area contributed by atoms with Crippen LogP contribution in [0.5, 0.6) is 0 Å². The summed E-state index contributed by atoms with van der Waals surface area (Å²) >= 11 is 0. The number of ketones is 3. The molecule has 0 unspecified atom stereocenters. The highest BCUT2D eigenvalue weighted by Gasteiger charge is 2.36. The van der Waals surface area contributed by atoms with Crippen molar-refractivity contribution < 1.29 is 56.7 Å². The molecule has 77 heavy (non-hydrogen) atoms. The van der Waals surface area contributed by atoms with Gasteiger partial charge < -0.3 is 66.0 Å². The summed E-state index contributed by atoms with van der Waals surface area (Å²) < 4.78 is 29.3. The van der Waals surface area contributed by atoms with Crippen molar-refractivity contribution in [2.24, 2.45) is 56.2 Å². The van der Waals surface area contributed by atoms with Gasteiger partial charge in [0.15, 0.2) is 17.7 Å². The summed E-state index contributed by atoms with van der Waals surface area (Å²) in [6, 6.07) is 1.92. The van der Waals surface area contributed by atoms with Crippen molar-refractivity contribution in [1.29, 1.82) is 0 Å². The molecule has 1 aliphatic rings. The number of halogens is 2. The number of nitrogens with one attached hydrogen (secondary N) is 6. The Balaban J connectivity index is 1.81. The molecule has 0 bridgehead atoms. The molecule has 4 rings (SSSR count). The van der Waals surface area contributed by atoms with E-state index >= 15 is 0 Å². The van der Waals surface area contributed by atoms with Crippen molar-refractivity contribution in [3.8, 4) is 0 Å². The fourth-order valence-electron chi connectivity index (χ4n) is 8.94. The number of fused-ring (bicyclic) bond motifs is 1. The lowest BCUT2D eigenvalue weighted by Gasteiger charge is -2.27. The third-order valence-electron chi connectivity index (χ3n) is 12.8. The molecule has 1 fully saturated rings. The van der Waals surface area contributed by atoms with Gasteiger partial charge in [0.25, 0.3) is 0 Å². The number of nitrogens with two attached hydrogens (primary N) is 6. The number of primary amides is 2. The van der Waals surface area contributed by atoms with E-state index in [0.29, 0.717) is 11.6 Å². The van der Waals surface area contributed by atoms with Gasteiger partial charge in [-0.3, -0.25) is 57.9 Å². The lowest BCUT2D eigenvalue weighted by Crippen LogP contribution is -2.58. The molecule has 0 spiro atoms. The number of benzene rings is 2. The summed E-state index contributed by atoms with van der Waals surface area (Å²) in [4.78, 5) is 148. The number of para-hydroxylation sites is 1. The second-order valence-corrected chi connectivity index (χ2v) is 19.1. The van der Waals surface area contributed by atoms with Gasteiger partial charge in [-0.05, 0) is 87.1 Å². The molecular weight excluding hydrogens is 1010 g/mol. The SMILES string of the molecule is CC(=O)N[C@@H](CCCN=C(N)N)C(=O)N[C@H]1CCC(=O)CCCC[C@@H](C(N)=O)NC(=O)[C@H](Cc2c[nH]c3ccccc23)CC(=O)[C@H](CCCN=C(N)N)CC(=O)[C@@H](Cc2cc(F)cc(F)c2)NC(=O)[C@H](CC(N)=O)NC1=O. The molecule has 24 nitrogen and oxygen atoms in total. The predicted molar refractivity (Wildman–Crippen MR) is 279 cm³/mol. The minimum Gasteiger partial charge on any atom is -0.370 e. The number of aromatic nitrogens is 1. The van der Waals surface area contributed by atoms with Crippen LogP contribution >= 0.6 is 0 Å². The zero-order valence-electron chi connectivity index (χ0n) is 42.9. The second-order valence-electron chi connectivity index (χ2n) is 19.1. The smallest absolute Gasteiger partial charge is 0.243 e. The molecule has 1 saturated heterocycles. The molecule has 0 aliphatic carbocycles. The first-order chi connectivity index (χ1) is 36.5. The molecule has 0 saturated carbocycles. The van der Waals surface area contributed by atoms with Crippen LogP contribution in [0.25, 0.3) is 10.9 Å². The Kier molecular flexibility index (Phi) is 24.1. The Bertz CT molecular complexity index is 2670. The van der Waals surface area contributed by atoms with Crippen LogP contribution in [0.3, 0.4) is 0 Å². The van der Waals surface area contributed by atoms with E-state index in [4.69, 9.17) is 34.4 Å². The first-order valence-corrected chi connectivity index (χ1v) is 25.2. The van der Waals surface area contributed by atoms with E-state index in [2.05, 4.69) is 41.6 Å². The number of aromatic amines is 1. The third kappa shape index (κ3) is 21.1. The monoisotopic (exact) mass is 1080 g/mol. The van der Waals surface area contributed by atoms with Crippen molar-refractivity contribution in [3.63, 3.8) is 0 Å². The van der Waals surface area contributed by atoms with Gasteiger partial charge in [-0.1, -0.05) is 24.6 Å². The molecule has 26 heteroatoms. The van der Waals surface area contributed by atoms with Crippen molar-refractivity contribution >= 4 is 81.5 Å². The summed E-state index contributed by atoms with van der Waals surface area (Å²) in [7, 11) is 0. The molecule has 1 aromatic heterocycles. The van der Waals surface area contributed by atoms with Crippen LogP contribution in [0, 0.1) is 23.5 Å². The Hall–Kier alpha value is -8.32. The highest BCUT2D eigenvalue weighted by Crippen LogP contribution is 2.27. The number of H-pyrrole nitrogens is 1. The summed E-state index contributed by atoms with van der Waals surface area (Å²) in [6.07, 6.45) is -1.14. The molecule has 2 heterocycles. The average Bonchev–Trinajstić information content (AvgIpc) is 3.75. The van der Waals surface area contributed by atoms with E-state index in [1.807, 2.05) is 12.1 Å². The Morgan fingerprint density at radius 3 is 2.03 bits per heavy atom. The summed E-state index contributed by atoms with van der Waals surface area (Å²) in [5.74, 6) is -13.3. The van der Waals surface area contributed by atoms with Gasteiger partial charge >= 0.3 is 0 Å². The number of rotatable bonds is 18. The minimum atomic E-state index is -1.87. The first-order valence-electron chi connectivity index (χ1n) is 25.2. The molecule has 3 aromatic rings. The Morgan fingerprint density at radius 1 is 0.727 bits per heavy atom. The molecule has 7 amide bonds. The zero-order valence-corrected chi connectivity index (χ0v) is 42.9. The fraction of sp³-hybridized carbons (Fsp3) is 0.490. The number of Topliss-reactive ketones (excluding diaryl/α,β-unsaturated/α-hetero) is 3. The van der Waals surface area contributed by atoms with Crippen LogP contribution in [-0.4, -0.2) is 119 Å². The molecule has 0 radical (unpaired) electrons. The lowest BCUT2D eigenvalue weighted by molar-refractivity contribution is -0.136. The Labute approximate surface area is 442 Å². The minimum absolute atomic E-state index is 0.0114. The average molecular weight is 1080 g/mol. The van der Waals surface area contributed by atoms with Gasteiger partial charge in [0.05, 0.1) is 12.5 Å². The van der Waals surface area contributed by atoms with Gasteiger partial charge in [-0.25, -0.2) is 8.78 Å². The van der Waals surface area contributed by atoms with Gasteiger partial charge in [0.2, 0.25) is 41.4 Å². The number of hydrogen-bond acceptors (Lipinski definition) is 12. The normalized spacial score (nSPS) is 21.1. The van der Waals surface area contributed by atoms with Crippen LogP contribution in [-0.2, 0) is 60.8 Å². The number of nitrogens with zero attached hydrogens (tertiary/aromatic N) is 2. The van der Waals surface area contributed by atoms with Gasteiger partial charge in [-0.15, -0.1) is 0 Å². The van der Waals surface area contributed by atoms with Crippen LogP contribution in [0.15, 0.2) is 58.6 Å². The van der Waals surface area contributed by atoms with Crippen LogP contribution in [0.1, 0.15) is 102 Å². The van der Waals surface area contributed by atoms with Gasteiger partial charge in [0.1, 0.15) is 47.4 Å². The molecule has 418 valence electrons. The molecular formula is C51H70F2N14O10.